The number of thiol groups is 1. The molecule has 0 aliphatic carbocycles. The molecule has 1 heterocycles. The SMILES string of the molecule is C[C@H](N)C(=O)N[C@@H](CS)C(=O)N[C@H](C(=O)N[C@@H](Cc1cnc[nH]1)C(=O)O)[C@@H](C)O. The number of carbonyl (C=O) groups is 4. The van der Waals surface area contributed by atoms with Crippen LogP contribution in [0.5, 0.6) is 0 Å². The van der Waals surface area contributed by atoms with Gasteiger partial charge >= 0.3 is 5.97 Å². The number of H-pyrrole nitrogens is 1. The highest BCUT2D eigenvalue weighted by Gasteiger charge is 2.32. The van der Waals surface area contributed by atoms with Gasteiger partial charge in [0.05, 0.1) is 18.5 Å². The fourth-order valence-corrected chi connectivity index (χ4v) is 2.49. The topological polar surface area (TPSA) is 200 Å². The van der Waals surface area contributed by atoms with Gasteiger partial charge in [-0.05, 0) is 13.8 Å². The maximum absolute atomic E-state index is 12.5. The van der Waals surface area contributed by atoms with Crippen molar-refractivity contribution in [3.8, 4) is 0 Å². The van der Waals surface area contributed by atoms with Crippen LogP contribution in [-0.2, 0) is 25.6 Å². The number of aromatic nitrogens is 2. The molecular formula is C16H26N6O6S. The van der Waals surface area contributed by atoms with Crippen LogP contribution < -0.4 is 21.7 Å². The number of imidazole rings is 1. The molecule has 162 valence electrons. The van der Waals surface area contributed by atoms with E-state index in [9.17, 15) is 29.4 Å². The maximum atomic E-state index is 12.5. The van der Waals surface area contributed by atoms with E-state index in [1.54, 1.807) is 0 Å². The molecule has 1 rings (SSSR count). The monoisotopic (exact) mass is 430 g/mol. The third kappa shape index (κ3) is 7.71. The highest BCUT2D eigenvalue weighted by Crippen LogP contribution is 2.02. The first-order chi connectivity index (χ1) is 13.6. The van der Waals surface area contributed by atoms with Crippen molar-refractivity contribution in [2.75, 3.05) is 5.75 Å². The molecule has 0 aromatic carbocycles. The fourth-order valence-electron chi connectivity index (χ4n) is 2.23. The second kappa shape index (κ2) is 11.4. The van der Waals surface area contributed by atoms with E-state index in [0.717, 1.165) is 0 Å². The second-order valence-electron chi connectivity index (χ2n) is 6.44. The number of carboxylic acid groups (broad SMARTS) is 1. The van der Waals surface area contributed by atoms with Gasteiger partial charge in [-0.3, -0.25) is 14.4 Å². The molecule has 0 unspecified atom stereocenters. The number of nitrogens with two attached hydrogens (primary N) is 1. The smallest absolute Gasteiger partial charge is 0.326 e. The van der Waals surface area contributed by atoms with E-state index in [2.05, 4.69) is 38.5 Å². The van der Waals surface area contributed by atoms with Crippen LogP contribution >= 0.6 is 12.6 Å². The molecule has 0 aliphatic rings. The zero-order valence-corrected chi connectivity index (χ0v) is 16.8. The number of carbonyl (C=O) groups excluding carboxylic acids is 3. The predicted octanol–water partition coefficient (Wildman–Crippen LogP) is -2.85. The average molecular weight is 430 g/mol. The number of carboxylic acids is 1. The Labute approximate surface area is 172 Å². The zero-order valence-electron chi connectivity index (χ0n) is 16.0. The Balaban J connectivity index is 2.83. The van der Waals surface area contributed by atoms with Gasteiger partial charge < -0.3 is 36.9 Å². The predicted molar refractivity (Wildman–Crippen MR) is 105 cm³/mol. The summed E-state index contributed by atoms with van der Waals surface area (Å²) in [5.41, 5.74) is 5.92. The number of hydrogen-bond donors (Lipinski definition) is 8. The number of aliphatic carboxylic acids is 1. The van der Waals surface area contributed by atoms with E-state index in [1.165, 1.54) is 26.4 Å². The minimum absolute atomic E-state index is 0.0781. The summed E-state index contributed by atoms with van der Waals surface area (Å²) in [6, 6.07) is -4.74. The van der Waals surface area contributed by atoms with E-state index < -0.39 is 54.0 Å². The molecule has 0 aliphatic heterocycles. The molecule has 8 N–H and O–H groups in total. The molecule has 0 saturated carbocycles. The molecule has 0 fully saturated rings. The van der Waals surface area contributed by atoms with E-state index in [0.29, 0.717) is 5.69 Å². The highest BCUT2D eigenvalue weighted by molar-refractivity contribution is 7.80. The van der Waals surface area contributed by atoms with Gasteiger partial charge in [-0.25, -0.2) is 9.78 Å². The Morgan fingerprint density at radius 3 is 2.21 bits per heavy atom. The summed E-state index contributed by atoms with van der Waals surface area (Å²) < 4.78 is 0. The minimum atomic E-state index is -1.46. The van der Waals surface area contributed by atoms with Crippen LogP contribution in [0.4, 0.5) is 0 Å². The van der Waals surface area contributed by atoms with E-state index in [-0.39, 0.29) is 12.2 Å². The number of hydrogen-bond acceptors (Lipinski definition) is 8. The van der Waals surface area contributed by atoms with Crippen molar-refractivity contribution in [2.24, 2.45) is 5.73 Å². The van der Waals surface area contributed by atoms with Gasteiger partial charge in [0, 0.05) is 24.1 Å². The van der Waals surface area contributed by atoms with Crippen LogP contribution in [0.25, 0.3) is 0 Å². The lowest BCUT2D eigenvalue weighted by Gasteiger charge is -2.25. The lowest BCUT2D eigenvalue weighted by atomic mass is 10.1. The minimum Gasteiger partial charge on any atom is -0.480 e. The highest BCUT2D eigenvalue weighted by atomic mass is 32.1. The Bertz CT molecular complexity index is 711. The number of nitrogens with one attached hydrogen (secondary N) is 4. The first-order valence-corrected chi connectivity index (χ1v) is 9.35. The van der Waals surface area contributed by atoms with Gasteiger partial charge in [0.15, 0.2) is 0 Å². The van der Waals surface area contributed by atoms with Gasteiger partial charge in [0.2, 0.25) is 17.7 Å². The maximum Gasteiger partial charge on any atom is 0.326 e. The fraction of sp³-hybridized carbons (Fsp3) is 0.562. The Hall–Kier alpha value is -2.64. The normalized spacial score (nSPS) is 16.0. The second-order valence-corrected chi connectivity index (χ2v) is 6.80. The van der Waals surface area contributed by atoms with Crippen molar-refractivity contribution >= 4 is 36.3 Å². The zero-order chi connectivity index (χ0) is 22.1. The number of aliphatic hydroxyl groups excluding tert-OH is 1. The van der Waals surface area contributed by atoms with Crippen LogP contribution in [-0.4, -0.2) is 79.9 Å². The van der Waals surface area contributed by atoms with Gasteiger partial charge in [-0.15, -0.1) is 0 Å². The summed E-state index contributed by atoms with van der Waals surface area (Å²) in [6.45, 7) is 2.69. The third-order valence-corrected chi connectivity index (χ3v) is 4.25. The quantitative estimate of drug-likeness (QED) is 0.171. The molecule has 29 heavy (non-hydrogen) atoms. The summed E-state index contributed by atoms with van der Waals surface area (Å²) >= 11 is 3.99. The average Bonchev–Trinajstić information content (AvgIpc) is 3.15. The van der Waals surface area contributed by atoms with Crippen LogP contribution in [0.3, 0.4) is 0 Å². The van der Waals surface area contributed by atoms with Crippen LogP contribution in [0.2, 0.25) is 0 Å². The molecule has 3 amide bonds. The Morgan fingerprint density at radius 2 is 1.76 bits per heavy atom. The van der Waals surface area contributed by atoms with Crippen molar-refractivity contribution in [3.05, 3.63) is 18.2 Å². The summed E-state index contributed by atoms with van der Waals surface area (Å²) in [7, 11) is 0. The van der Waals surface area contributed by atoms with E-state index >= 15 is 0 Å². The van der Waals surface area contributed by atoms with Crippen molar-refractivity contribution in [1.82, 2.24) is 25.9 Å². The first-order valence-electron chi connectivity index (χ1n) is 8.72. The van der Waals surface area contributed by atoms with Crippen LogP contribution in [0.1, 0.15) is 19.5 Å². The number of rotatable bonds is 11. The molecule has 0 saturated heterocycles. The lowest BCUT2D eigenvalue weighted by Crippen LogP contribution is -2.60. The number of aromatic amines is 1. The summed E-state index contributed by atoms with van der Waals surface area (Å²) in [6.07, 6.45) is 1.35. The third-order valence-electron chi connectivity index (χ3n) is 3.89. The Morgan fingerprint density at radius 1 is 1.14 bits per heavy atom. The van der Waals surface area contributed by atoms with Crippen molar-refractivity contribution in [2.45, 2.75) is 50.5 Å². The molecule has 0 spiro atoms. The number of aliphatic hydroxyl groups is 1. The van der Waals surface area contributed by atoms with E-state index in [4.69, 9.17) is 5.73 Å². The van der Waals surface area contributed by atoms with Gasteiger partial charge in [-0.1, -0.05) is 0 Å². The molecule has 0 bridgehead atoms. The molecule has 0 radical (unpaired) electrons. The first kappa shape index (κ1) is 24.4. The van der Waals surface area contributed by atoms with Crippen LogP contribution in [0.15, 0.2) is 12.5 Å². The molecular weight excluding hydrogens is 404 g/mol. The summed E-state index contributed by atoms with van der Waals surface area (Å²) in [5, 5.41) is 26.2. The Kier molecular flexibility index (Phi) is 9.58. The van der Waals surface area contributed by atoms with Crippen LogP contribution in [0, 0.1) is 0 Å². The van der Waals surface area contributed by atoms with E-state index in [1.807, 2.05) is 0 Å². The van der Waals surface area contributed by atoms with Crippen molar-refractivity contribution in [1.29, 1.82) is 0 Å². The lowest BCUT2D eigenvalue weighted by molar-refractivity contribution is -0.143. The van der Waals surface area contributed by atoms with Gasteiger partial charge in [0.1, 0.15) is 18.1 Å². The summed E-state index contributed by atoms with van der Waals surface area (Å²) in [4.78, 5) is 54.5. The molecule has 12 nitrogen and oxygen atoms in total. The molecule has 1 aromatic rings. The number of amides is 3. The van der Waals surface area contributed by atoms with Crippen molar-refractivity contribution in [3.63, 3.8) is 0 Å². The molecule has 13 heteroatoms. The van der Waals surface area contributed by atoms with Gasteiger partial charge in [-0.2, -0.15) is 12.6 Å². The van der Waals surface area contributed by atoms with Crippen molar-refractivity contribution < 1.29 is 29.4 Å². The standard InChI is InChI=1S/C16H26N6O6S/c1-7(17)13(24)21-11(5-29)14(25)22-12(8(2)23)15(26)20-10(16(27)28)3-9-4-18-6-19-9/h4,6-8,10-12,23,29H,3,5,17H2,1-2H3,(H,18,19)(H,20,26)(H,21,24)(H,22,25)(H,27,28)/t7-,8+,10-,11-,12-/m0/s1. The molecule has 1 aromatic heterocycles. The number of nitrogens with zero attached hydrogens (tertiary/aromatic N) is 1. The molecule has 5 atom stereocenters. The van der Waals surface area contributed by atoms with Gasteiger partial charge in [0.25, 0.3) is 0 Å². The largest absolute Gasteiger partial charge is 0.480 e. The summed E-state index contributed by atoms with van der Waals surface area (Å²) in [5.74, 6) is -3.67.